The maximum Gasteiger partial charge on any atom is 0.222 e. The largest absolute Gasteiger partial charge is 0.496 e. The van der Waals surface area contributed by atoms with Gasteiger partial charge in [0.25, 0.3) is 0 Å². The van der Waals surface area contributed by atoms with Crippen LogP contribution in [0.1, 0.15) is 36.4 Å². The number of hydrogen-bond acceptors (Lipinski definition) is 3. The van der Waals surface area contributed by atoms with Crippen LogP contribution in [0.3, 0.4) is 0 Å². The predicted molar refractivity (Wildman–Crippen MR) is 93.1 cm³/mol. The summed E-state index contributed by atoms with van der Waals surface area (Å²) in [5.41, 5.74) is 2.25. The summed E-state index contributed by atoms with van der Waals surface area (Å²) in [5, 5.41) is 4.41. The van der Waals surface area contributed by atoms with Crippen molar-refractivity contribution in [2.24, 2.45) is 0 Å². The van der Waals surface area contributed by atoms with Gasteiger partial charge in [0.1, 0.15) is 5.75 Å². The minimum absolute atomic E-state index is 0.217. The average Bonchev–Trinajstić information content (AvgIpc) is 3.06. The van der Waals surface area contributed by atoms with Gasteiger partial charge in [-0.25, -0.2) is 0 Å². The molecular formula is C19H25N3O2. The van der Waals surface area contributed by atoms with Crippen LogP contribution < -0.4 is 4.74 Å². The van der Waals surface area contributed by atoms with E-state index in [0.29, 0.717) is 18.9 Å². The highest BCUT2D eigenvalue weighted by molar-refractivity contribution is 5.76. The zero-order valence-corrected chi connectivity index (χ0v) is 14.4. The second-order valence-electron chi connectivity index (χ2n) is 6.45. The highest BCUT2D eigenvalue weighted by atomic mass is 16.5. The van der Waals surface area contributed by atoms with Crippen LogP contribution in [0.4, 0.5) is 0 Å². The summed E-state index contributed by atoms with van der Waals surface area (Å²) in [7, 11) is 1.67. The van der Waals surface area contributed by atoms with Crippen molar-refractivity contribution in [3.8, 4) is 5.75 Å². The van der Waals surface area contributed by atoms with Crippen LogP contribution in [0.2, 0.25) is 0 Å². The van der Waals surface area contributed by atoms with E-state index in [0.717, 1.165) is 42.8 Å². The van der Waals surface area contributed by atoms with E-state index in [4.69, 9.17) is 4.74 Å². The van der Waals surface area contributed by atoms with E-state index in [1.807, 2.05) is 47.0 Å². The maximum atomic E-state index is 12.6. The van der Waals surface area contributed by atoms with Crippen LogP contribution in [0.15, 0.2) is 36.7 Å². The molecule has 0 radical (unpaired) electrons. The van der Waals surface area contributed by atoms with Crippen LogP contribution in [0.5, 0.6) is 5.75 Å². The number of amides is 1. The number of aryl methyl sites for hydroxylation is 2. The number of aromatic nitrogens is 2. The highest BCUT2D eigenvalue weighted by Crippen LogP contribution is 2.23. The molecule has 0 saturated carbocycles. The Morgan fingerprint density at radius 1 is 1.38 bits per heavy atom. The Balaban J connectivity index is 1.58. The van der Waals surface area contributed by atoms with Crippen LogP contribution in [-0.2, 0) is 11.2 Å². The van der Waals surface area contributed by atoms with Gasteiger partial charge in [-0.1, -0.05) is 18.2 Å². The van der Waals surface area contributed by atoms with Crippen molar-refractivity contribution in [2.75, 3.05) is 20.2 Å². The van der Waals surface area contributed by atoms with Crippen molar-refractivity contribution in [3.63, 3.8) is 0 Å². The molecule has 0 unspecified atom stereocenters. The van der Waals surface area contributed by atoms with E-state index in [2.05, 4.69) is 11.3 Å². The van der Waals surface area contributed by atoms with Gasteiger partial charge in [0, 0.05) is 25.7 Å². The molecule has 0 aliphatic carbocycles. The molecular weight excluding hydrogens is 302 g/mol. The first-order chi connectivity index (χ1) is 11.7. The van der Waals surface area contributed by atoms with Crippen molar-refractivity contribution in [3.05, 3.63) is 47.8 Å². The first-order valence-corrected chi connectivity index (χ1v) is 8.58. The number of likely N-dealkylation sites (tertiary alicyclic amines) is 1. The lowest BCUT2D eigenvalue weighted by molar-refractivity contribution is -0.132. The number of rotatable bonds is 5. The Labute approximate surface area is 143 Å². The number of nitrogens with zero attached hydrogens (tertiary/aromatic N) is 3. The zero-order valence-electron chi connectivity index (χ0n) is 14.4. The van der Waals surface area contributed by atoms with Crippen molar-refractivity contribution >= 4 is 5.91 Å². The molecule has 0 bridgehead atoms. The number of methoxy groups -OCH3 is 1. The minimum atomic E-state index is 0.217. The smallest absolute Gasteiger partial charge is 0.222 e. The molecule has 128 valence electrons. The van der Waals surface area contributed by atoms with Gasteiger partial charge >= 0.3 is 0 Å². The topological polar surface area (TPSA) is 47.4 Å². The Hall–Kier alpha value is -2.30. The molecule has 0 spiro atoms. The summed E-state index contributed by atoms with van der Waals surface area (Å²) in [6.07, 6.45) is 7.29. The van der Waals surface area contributed by atoms with E-state index >= 15 is 0 Å². The number of benzene rings is 1. The fourth-order valence-corrected chi connectivity index (χ4v) is 3.34. The van der Waals surface area contributed by atoms with Crippen molar-refractivity contribution in [1.29, 1.82) is 0 Å². The number of para-hydroxylation sites is 1. The van der Waals surface area contributed by atoms with Crippen LogP contribution in [0.25, 0.3) is 0 Å². The molecule has 1 aromatic carbocycles. The van der Waals surface area contributed by atoms with Gasteiger partial charge < -0.3 is 9.64 Å². The number of ether oxygens (including phenoxy) is 1. The molecule has 2 heterocycles. The molecule has 2 aromatic rings. The van der Waals surface area contributed by atoms with Crippen molar-refractivity contribution in [2.45, 2.75) is 38.6 Å². The molecule has 1 aliphatic heterocycles. The number of hydrogen-bond donors (Lipinski definition) is 0. The van der Waals surface area contributed by atoms with Crippen LogP contribution in [-0.4, -0.2) is 40.8 Å². The van der Waals surface area contributed by atoms with Gasteiger partial charge in [-0.15, -0.1) is 0 Å². The summed E-state index contributed by atoms with van der Waals surface area (Å²) >= 11 is 0. The van der Waals surface area contributed by atoms with Crippen molar-refractivity contribution in [1.82, 2.24) is 14.7 Å². The van der Waals surface area contributed by atoms with Gasteiger partial charge in [-0.3, -0.25) is 9.48 Å². The monoisotopic (exact) mass is 327 g/mol. The van der Waals surface area contributed by atoms with Gasteiger partial charge in [0.05, 0.1) is 19.3 Å². The van der Waals surface area contributed by atoms with Crippen LogP contribution in [0, 0.1) is 6.92 Å². The molecule has 1 saturated heterocycles. The maximum absolute atomic E-state index is 12.6. The van der Waals surface area contributed by atoms with E-state index in [9.17, 15) is 4.79 Å². The normalized spacial score (nSPS) is 17.8. The number of piperidine rings is 1. The van der Waals surface area contributed by atoms with Gasteiger partial charge in [0.15, 0.2) is 0 Å². The third-order valence-corrected chi connectivity index (χ3v) is 4.65. The molecule has 0 N–H and O–H groups in total. The molecule has 1 amide bonds. The van der Waals surface area contributed by atoms with E-state index < -0.39 is 0 Å². The molecule has 5 heteroatoms. The average molecular weight is 327 g/mol. The first kappa shape index (κ1) is 16.6. The molecule has 1 aliphatic rings. The van der Waals surface area contributed by atoms with E-state index in [1.54, 1.807) is 7.11 Å². The Kier molecular flexibility index (Phi) is 5.18. The number of carbonyl (C=O) groups excluding carboxylic acids is 1. The minimum Gasteiger partial charge on any atom is -0.496 e. The second kappa shape index (κ2) is 7.51. The summed E-state index contributed by atoms with van der Waals surface area (Å²) in [6.45, 7) is 3.65. The van der Waals surface area contributed by atoms with Gasteiger partial charge in [-0.05, 0) is 43.4 Å². The standard InChI is InChI=1S/C19H25N3O2/c1-15-12-20-22(13-15)17-7-5-11-21(14-17)19(23)10-9-16-6-3-4-8-18(16)24-2/h3-4,6,8,12-13,17H,5,7,9-11,14H2,1-2H3/t17-/m1/s1. The fraction of sp³-hybridized carbons (Fsp3) is 0.474. The summed E-state index contributed by atoms with van der Waals surface area (Å²) in [6, 6.07) is 8.20. The Bertz CT molecular complexity index is 695. The number of carbonyl (C=O) groups is 1. The summed E-state index contributed by atoms with van der Waals surface area (Å²) in [5.74, 6) is 1.07. The Morgan fingerprint density at radius 3 is 2.96 bits per heavy atom. The van der Waals surface area contributed by atoms with Gasteiger partial charge in [-0.2, -0.15) is 5.10 Å². The third-order valence-electron chi connectivity index (χ3n) is 4.65. The fourth-order valence-electron chi connectivity index (χ4n) is 3.34. The zero-order chi connectivity index (χ0) is 16.9. The van der Waals surface area contributed by atoms with E-state index in [1.165, 1.54) is 0 Å². The summed E-state index contributed by atoms with van der Waals surface area (Å²) < 4.78 is 7.37. The molecule has 24 heavy (non-hydrogen) atoms. The molecule has 5 nitrogen and oxygen atoms in total. The third kappa shape index (κ3) is 3.78. The molecule has 1 atom stereocenters. The predicted octanol–water partition coefficient (Wildman–Crippen LogP) is 3.00. The van der Waals surface area contributed by atoms with Crippen LogP contribution >= 0.6 is 0 Å². The lowest BCUT2D eigenvalue weighted by Crippen LogP contribution is -2.40. The summed E-state index contributed by atoms with van der Waals surface area (Å²) in [4.78, 5) is 14.6. The van der Waals surface area contributed by atoms with Crippen molar-refractivity contribution < 1.29 is 9.53 Å². The van der Waals surface area contributed by atoms with Gasteiger partial charge in [0.2, 0.25) is 5.91 Å². The highest BCUT2D eigenvalue weighted by Gasteiger charge is 2.25. The molecule has 3 rings (SSSR count). The second-order valence-corrected chi connectivity index (χ2v) is 6.45. The molecule has 1 fully saturated rings. The molecule has 1 aromatic heterocycles. The Morgan fingerprint density at radius 2 is 2.21 bits per heavy atom. The van der Waals surface area contributed by atoms with E-state index in [-0.39, 0.29) is 5.91 Å². The SMILES string of the molecule is COc1ccccc1CCC(=O)N1CCC[C@@H](n2cc(C)cn2)C1. The lowest BCUT2D eigenvalue weighted by Gasteiger charge is -2.33. The lowest BCUT2D eigenvalue weighted by atomic mass is 10.0. The quantitative estimate of drug-likeness (QED) is 0.848. The first-order valence-electron chi connectivity index (χ1n) is 8.58.